The lowest BCUT2D eigenvalue weighted by atomic mass is 10.1. The highest BCUT2D eigenvalue weighted by Crippen LogP contribution is 2.23. The summed E-state index contributed by atoms with van der Waals surface area (Å²) in [4.78, 5) is 14.7. The lowest BCUT2D eigenvalue weighted by Crippen LogP contribution is -2.38. The van der Waals surface area contributed by atoms with E-state index < -0.39 is 0 Å². The quantitative estimate of drug-likeness (QED) is 0.657. The van der Waals surface area contributed by atoms with Crippen molar-refractivity contribution in [3.63, 3.8) is 0 Å². The molecule has 1 saturated heterocycles. The van der Waals surface area contributed by atoms with Gasteiger partial charge in [0.25, 0.3) is 5.91 Å². The predicted octanol–water partition coefficient (Wildman–Crippen LogP) is 2.82. The molecular formula is C23H30N2O5. The number of methoxy groups -OCH3 is 1. The van der Waals surface area contributed by atoms with Crippen LogP contribution in [0, 0.1) is 0 Å². The molecule has 3 rings (SSSR count). The van der Waals surface area contributed by atoms with E-state index in [4.69, 9.17) is 14.2 Å². The van der Waals surface area contributed by atoms with Crippen LogP contribution in [0.4, 0.5) is 0 Å². The van der Waals surface area contributed by atoms with E-state index >= 15 is 0 Å². The fourth-order valence-corrected chi connectivity index (χ4v) is 3.47. The monoisotopic (exact) mass is 414 g/mol. The highest BCUT2D eigenvalue weighted by molar-refractivity contribution is 5.96. The van der Waals surface area contributed by atoms with Crippen molar-refractivity contribution in [2.75, 3.05) is 40.5 Å². The van der Waals surface area contributed by atoms with E-state index in [-0.39, 0.29) is 17.2 Å². The van der Waals surface area contributed by atoms with Crippen LogP contribution in [-0.4, -0.2) is 62.5 Å². The molecule has 7 nitrogen and oxygen atoms in total. The summed E-state index contributed by atoms with van der Waals surface area (Å²) < 4.78 is 16.4. The molecule has 2 N–H and O–H groups in total. The van der Waals surface area contributed by atoms with Crippen LogP contribution in [0.15, 0.2) is 42.5 Å². The number of rotatable bonds is 9. The van der Waals surface area contributed by atoms with Crippen LogP contribution in [-0.2, 0) is 11.3 Å². The Bertz CT molecular complexity index is 836. The van der Waals surface area contributed by atoms with E-state index in [1.807, 2.05) is 24.3 Å². The molecule has 0 aromatic heterocycles. The van der Waals surface area contributed by atoms with E-state index in [1.165, 1.54) is 19.2 Å². The lowest BCUT2D eigenvalue weighted by molar-refractivity contribution is 0.0392. The van der Waals surface area contributed by atoms with Gasteiger partial charge in [-0.3, -0.25) is 9.69 Å². The van der Waals surface area contributed by atoms with Gasteiger partial charge >= 0.3 is 0 Å². The number of hydrogen-bond donors (Lipinski definition) is 2. The number of nitrogens with one attached hydrogen (secondary N) is 1. The van der Waals surface area contributed by atoms with Gasteiger partial charge in [-0.25, -0.2) is 0 Å². The second-order valence-electron chi connectivity index (χ2n) is 7.39. The number of ether oxygens (including phenoxy) is 3. The summed E-state index contributed by atoms with van der Waals surface area (Å²) in [5, 5.41) is 12.8. The second kappa shape index (κ2) is 10.8. The van der Waals surface area contributed by atoms with Crippen molar-refractivity contribution in [3.05, 3.63) is 53.6 Å². The smallest absolute Gasteiger partial charge is 0.255 e. The van der Waals surface area contributed by atoms with E-state index in [0.717, 1.165) is 43.9 Å². The number of aromatic hydroxyl groups is 1. The van der Waals surface area contributed by atoms with Crippen LogP contribution in [0.25, 0.3) is 0 Å². The average Bonchev–Trinajstić information content (AvgIpc) is 2.78. The summed E-state index contributed by atoms with van der Waals surface area (Å²) in [7, 11) is 3.63. The second-order valence-corrected chi connectivity index (χ2v) is 7.39. The van der Waals surface area contributed by atoms with Crippen LogP contribution < -0.4 is 14.8 Å². The topological polar surface area (TPSA) is 80.3 Å². The fraction of sp³-hybridized carbons (Fsp3) is 0.435. The number of phenols is 1. The van der Waals surface area contributed by atoms with E-state index in [0.29, 0.717) is 24.9 Å². The highest BCUT2D eigenvalue weighted by atomic mass is 16.5. The molecule has 1 amide bonds. The van der Waals surface area contributed by atoms with Gasteiger partial charge in [0.1, 0.15) is 23.9 Å². The van der Waals surface area contributed by atoms with Gasteiger partial charge in [0.15, 0.2) is 0 Å². The molecular weight excluding hydrogens is 384 g/mol. The lowest BCUT2D eigenvalue weighted by Gasteiger charge is -2.31. The van der Waals surface area contributed by atoms with Crippen molar-refractivity contribution in [1.82, 2.24) is 10.2 Å². The molecule has 0 saturated carbocycles. The molecule has 1 aliphatic rings. The Morgan fingerprint density at radius 2 is 2.00 bits per heavy atom. The maximum atomic E-state index is 12.4. The highest BCUT2D eigenvalue weighted by Gasteiger charge is 2.18. The molecule has 2 aromatic rings. The molecule has 162 valence electrons. The SMILES string of the molecule is COc1ccc(C(=O)NCc2cccc(OCCN(C)C3CCOCC3)c2)c(O)c1. The minimum absolute atomic E-state index is 0.113. The number of phenolic OH excluding ortho intramolecular Hbond substituents is 1. The van der Waals surface area contributed by atoms with Crippen LogP contribution >= 0.6 is 0 Å². The Balaban J connectivity index is 1.47. The molecule has 1 fully saturated rings. The molecule has 0 aliphatic carbocycles. The zero-order valence-electron chi connectivity index (χ0n) is 17.6. The number of carbonyl (C=O) groups is 1. The molecule has 1 aliphatic heterocycles. The van der Waals surface area contributed by atoms with E-state index in [9.17, 15) is 9.90 Å². The Hall–Kier alpha value is -2.77. The number of carbonyl (C=O) groups excluding carboxylic acids is 1. The Morgan fingerprint density at radius 1 is 1.20 bits per heavy atom. The third-order valence-electron chi connectivity index (χ3n) is 5.33. The predicted molar refractivity (Wildman–Crippen MR) is 114 cm³/mol. The first-order valence-corrected chi connectivity index (χ1v) is 10.2. The summed E-state index contributed by atoms with van der Waals surface area (Å²) in [6.07, 6.45) is 2.13. The number of benzene rings is 2. The number of nitrogens with zero attached hydrogens (tertiary/aromatic N) is 1. The third kappa shape index (κ3) is 6.11. The maximum Gasteiger partial charge on any atom is 0.255 e. The van der Waals surface area contributed by atoms with E-state index in [2.05, 4.69) is 17.3 Å². The minimum Gasteiger partial charge on any atom is -0.507 e. The summed E-state index contributed by atoms with van der Waals surface area (Å²) in [6, 6.07) is 12.8. The first-order valence-electron chi connectivity index (χ1n) is 10.2. The van der Waals surface area contributed by atoms with Crippen molar-refractivity contribution < 1.29 is 24.1 Å². The normalized spacial score (nSPS) is 14.5. The molecule has 1 heterocycles. The number of likely N-dealkylation sites (N-methyl/N-ethyl adjacent to an activating group) is 1. The van der Waals surface area contributed by atoms with Gasteiger partial charge in [0.05, 0.1) is 12.7 Å². The van der Waals surface area contributed by atoms with Crippen LogP contribution in [0.3, 0.4) is 0 Å². The van der Waals surface area contributed by atoms with Crippen LogP contribution in [0.5, 0.6) is 17.2 Å². The van der Waals surface area contributed by atoms with E-state index in [1.54, 1.807) is 6.07 Å². The Kier molecular flexibility index (Phi) is 7.93. The van der Waals surface area contributed by atoms with Gasteiger partial charge in [0, 0.05) is 38.4 Å². The third-order valence-corrected chi connectivity index (χ3v) is 5.33. The molecule has 7 heteroatoms. The number of hydrogen-bond acceptors (Lipinski definition) is 6. The number of amides is 1. The minimum atomic E-state index is -0.348. The van der Waals surface area contributed by atoms with Crippen molar-refractivity contribution in [2.24, 2.45) is 0 Å². The largest absolute Gasteiger partial charge is 0.507 e. The summed E-state index contributed by atoms with van der Waals surface area (Å²) >= 11 is 0. The van der Waals surface area contributed by atoms with Gasteiger partial charge < -0.3 is 24.6 Å². The van der Waals surface area contributed by atoms with Crippen molar-refractivity contribution in [2.45, 2.75) is 25.4 Å². The molecule has 0 bridgehead atoms. The molecule has 30 heavy (non-hydrogen) atoms. The molecule has 0 unspecified atom stereocenters. The Morgan fingerprint density at radius 3 is 2.73 bits per heavy atom. The van der Waals surface area contributed by atoms with Crippen LogP contribution in [0.2, 0.25) is 0 Å². The van der Waals surface area contributed by atoms with Crippen molar-refractivity contribution in [1.29, 1.82) is 0 Å². The maximum absolute atomic E-state index is 12.4. The first kappa shape index (κ1) is 21.9. The van der Waals surface area contributed by atoms with Gasteiger partial charge in [0.2, 0.25) is 0 Å². The molecule has 0 radical (unpaired) electrons. The van der Waals surface area contributed by atoms with Crippen molar-refractivity contribution >= 4 is 5.91 Å². The zero-order valence-corrected chi connectivity index (χ0v) is 17.6. The van der Waals surface area contributed by atoms with Gasteiger partial charge in [-0.2, -0.15) is 0 Å². The molecule has 2 aromatic carbocycles. The fourth-order valence-electron chi connectivity index (χ4n) is 3.47. The van der Waals surface area contributed by atoms with Crippen molar-refractivity contribution in [3.8, 4) is 17.2 Å². The first-order chi connectivity index (χ1) is 14.6. The molecule has 0 spiro atoms. The average molecular weight is 415 g/mol. The summed E-state index contributed by atoms with van der Waals surface area (Å²) in [5.74, 6) is 0.808. The zero-order chi connectivity index (χ0) is 21.3. The van der Waals surface area contributed by atoms with Crippen LogP contribution in [0.1, 0.15) is 28.8 Å². The van der Waals surface area contributed by atoms with Gasteiger partial charge in [-0.15, -0.1) is 0 Å². The summed E-state index contributed by atoms with van der Waals surface area (Å²) in [5.41, 5.74) is 1.13. The van der Waals surface area contributed by atoms with Gasteiger partial charge in [-0.05, 0) is 49.7 Å². The Labute approximate surface area is 177 Å². The molecule has 0 atom stereocenters. The standard InChI is InChI=1S/C23H30N2O5/c1-25(18-8-11-29-12-9-18)10-13-30-20-5-3-4-17(14-20)16-24-23(27)21-7-6-19(28-2)15-22(21)26/h3-7,14-15,18,26H,8-13,16H2,1-2H3,(H,24,27). The summed E-state index contributed by atoms with van der Waals surface area (Å²) in [6.45, 7) is 3.45. The van der Waals surface area contributed by atoms with Gasteiger partial charge in [-0.1, -0.05) is 12.1 Å².